The van der Waals surface area contributed by atoms with Crippen molar-refractivity contribution < 1.29 is 49.1 Å². The van der Waals surface area contributed by atoms with Gasteiger partial charge in [0.2, 0.25) is 6.29 Å². The number of nitro benzene ring substituents is 1. The molecule has 0 saturated carbocycles. The van der Waals surface area contributed by atoms with Crippen LogP contribution in [0.5, 0.6) is 5.75 Å². The molecule has 0 unspecified atom stereocenters. The highest BCUT2D eigenvalue weighted by atomic mass is 16.7. The van der Waals surface area contributed by atoms with E-state index < -0.39 is 59.1 Å². The van der Waals surface area contributed by atoms with E-state index in [1.165, 1.54) is 6.07 Å². The number of ether oxygens (including phenoxy) is 3. The molecular weight excluding hydrogens is 456 g/mol. The van der Waals surface area contributed by atoms with Gasteiger partial charge in [-0.15, -0.1) is 0 Å². The molecule has 13 heteroatoms. The van der Waals surface area contributed by atoms with Gasteiger partial charge in [-0.2, -0.15) is 0 Å². The van der Waals surface area contributed by atoms with Gasteiger partial charge < -0.3 is 40.0 Å². The number of nitro groups is 1. The van der Waals surface area contributed by atoms with Crippen molar-refractivity contribution in [1.29, 1.82) is 0 Å². The number of carbonyl (C=O) groups is 2. The number of alkyl carbamates (subject to hydrolysis) is 1. The maximum Gasteiger partial charge on any atom is 0.407 e. The second-order valence-corrected chi connectivity index (χ2v) is 7.33. The van der Waals surface area contributed by atoms with E-state index in [9.17, 15) is 35.0 Å². The number of aliphatic hydroxyl groups is 3. The molecule has 2 aromatic rings. The molecule has 1 saturated heterocycles. The van der Waals surface area contributed by atoms with E-state index in [2.05, 4.69) is 5.32 Å². The number of carboxylic acid groups (broad SMARTS) is 1. The Labute approximate surface area is 192 Å². The average molecular weight is 478 g/mol. The Morgan fingerprint density at radius 3 is 2.38 bits per heavy atom. The largest absolute Gasteiger partial charge is 0.479 e. The predicted octanol–water partition coefficient (Wildman–Crippen LogP) is 0.292. The Morgan fingerprint density at radius 2 is 1.74 bits per heavy atom. The first-order chi connectivity index (χ1) is 16.2. The molecule has 1 fully saturated rings. The maximum atomic E-state index is 11.9. The zero-order valence-corrected chi connectivity index (χ0v) is 17.5. The minimum atomic E-state index is -1.94. The van der Waals surface area contributed by atoms with Gasteiger partial charge in [0.25, 0.3) is 0 Å². The third-order valence-corrected chi connectivity index (χ3v) is 4.93. The number of nitrogens with one attached hydrogen (secondary N) is 1. The van der Waals surface area contributed by atoms with E-state index in [1.54, 1.807) is 0 Å². The van der Waals surface area contributed by atoms with Crippen molar-refractivity contribution in [2.45, 2.75) is 43.9 Å². The summed E-state index contributed by atoms with van der Waals surface area (Å²) in [6.07, 6.45) is -10.2. The summed E-state index contributed by atoms with van der Waals surface area (Å²) >= 11 is 0. The van der Waals surface area contributed by atoms with E-state index in [0.29, 0.717) is 0 Å². The molecule has 34 heavy (non-hydrogen) atoms. The molecule has 0 aliphatic carbocycles. The maximum absolute atomic E-state index is 11.9. The van der Waals surface area contributed by atoms with Crippen LogP contribution in [0.3, 0.4) is 0 Å². The lowest BCUT2D eigenvalue weighted by molar-refractivity contribution is -0.387. The Balaban J connectivity index is 1.65. The molecule has 3 rings (SSSR count). The number of hydrogen-bond acceptors (Lipinski definition) is 10. The molecule has 0 radical (unpaired) electrons. The third-order valence-electron chi connectivity index (χ3n) is 4.93. The summed E-state index contributed by atoms with van der Waals surface area (Å²) in [5, 5.41) is 52.8. The van der Waals surface area contributed by atoms with Crippen LogP contribution >= 0.6 is 0 Å². The topological polar surface area (TPSA) is 198 Å². The van der Waals surface area contributed by atoms with Crippen LogP contribution in [0.25, 0.3) is 0 Å². The number of benzene rings is 2. The molecule has 1 aliphatic rings. The number of aliphatic carboxylic acids is 1. The lowest BCUT2D eigenvalue weighted by Gasteiger charge is -2.38. The molecule has 0 aromatic heterocycles. The summed E-state index contributed by atoms with van der Waals surface area (Å²) in [6, 6.07) is 12.6. The van der Waals surface area contributed by atoms with Gasteiger partial charge in [0, 0.05) is 12.6 Å². The predicted molar refractivity (Wildman–Crippen MR) is 112 cm³/mol. The van der Waals surface area contributed by atoms with Gasteiger partial charge in [-0.1, -0.05) is 36.4 Å². The normalized spacial score (nSPS) is 24.1. The summed E-state index contributed by atoms with van der Waals surface area (Å²) in [5.41, 5.74) is 0.512. The monoisotopic (exact) mass is 478 g/mol. The van der Waals surface area contributed by atoms with Crippen LogP contribution in [-0.4, -0.2) is 68.1 Å². The van der Waals surface area contributed by atoms with Gasteiger partial charge in [0.05, 0.1) is 4.92 Å². The second-order valence-electron chi connectivity index (χ2n) is 7.33. The Hall–Kier alpha value is -3.78. The summed E-state index contributed by atoms with van der Waals surface area (Å²) in [5.74, 6) is -2.03. The van der Waals surface area contributed by atoms with Crippen molar-refractivity contribution in [3.8, 4) is 5.75 Å². The Bertz CT molecular complexity index is 1030. The SMILES string of the molecule is O=C(NCc1ccccc1)OCc1ccc(O[C@@H]2O[C@H](C(=O)O)[C@@H](O)[C@H](O)[C@H]2O)c([N+](=O)[O-])c1. The van der Waals surface area contributed by atoms with Crippen molar-refractivity contribution in [2.24, 2.45) is 0 Å². The molecule has 1 aliphatic heterocycles. The number of hydrogen-bond donors (Lipinski definition) is 5. The summed E-state index contributed by atoms with van der Waals surface area (Å²) in [7, 11) is 0. The number of amides is 1. The molecule has 5 N–H and O–H groups in total. The smallest absolute Gasteiger partial charge is 0.407 e. The quantitative estimate of drug-likeness (QED) is 0.258. The number of rotatable bonds is 8. The third kappa shape index (κ3) is 5.96. The summed E-state index contributed by atoms with van der Waals surface area (Å²) in [4.78, 5) is 33.8. The van der Waals surface area contributed by atoms with E-state index in [0.717, 1.165) is 17.7 Å². The van der Waals surface area contributed by atoms with Gasteiger partial charge in [0.1, 0.15) is 24.9 Å². The first kappa shape index (κ1) is 24.9. The minimum absolute atomic E-state index is 0.230. The highest BCUT2D eigenvalue weighted by molar-refractivity contribution is 5.73. The molecule has 1 amide bonds. The van der Waals surface area contributed by atoms with Crippen molar-refractivity contribution in [3.63, 3.8) is 0 Å². The summed E-state index contributed by atoms with van der Waals surface area (Å²) in [6.45, 7) is -0.0650. The molecule has 2 aromatic carbocycles. The van der Waals surface area contributed by atoms with E-state index in [-0.39, 0.29) is 18.7 Å². The van der Waals surface area contributed by atoms with E-state index >= 15 is 0 Å². The fraction of sp³-hybridized carbons (Fsp3) is 0.333. The molecular formula is C21H22N2O11. The molecule has 13 nitrogen and oxygen atoms in total. The van der Waals surface area contributed by atoms with E-state index in [4.69, 9.17) is 19.3 Å². The minimum Gasteiger partial charge on any atom is -0.479 e. The van der Waals surface area contributed by atoms with Crippen molar-refractivity contribution in [3.05, 3.63) is 69.8 Å². The van der Waals surface area contributed by atoms with Gasteiger partial charge >= 0.3 is 17.7 Å². The fourth-order valence-corrected chi connectivity index (χ4v) is 3.14. The van der Waals surface area contributed by atoms with Gasteiger partial charge in [-0.05, 0) is 17.2 Å². The zero-order valence-electron chi connectivity index (χ0n) is 17.5. The average Bonchev–Trinajstić information content (AvgIpc) is 2.82. The standard InChI is InChI=1S/C21H22N2O11/c24-15-16(25)18(19(27)28)34-20(17(15)26)33-14-7-6-12(8-13(14)23(30)31)10-32-21(29)22-9-11-4-2-1-3-5-11/h1-8,15-18,20,24-26H,9-10H2,(H,22,29)(H,27,28)/t15-,16-,17+,18-,20+/m0/s1. The van der Waals surface area contributed by atoms with Crippen molar-refractivity contribution in [1.82, 2.24) is 5.32 Å². The number of carbonyl (C=O) groups excluding carboxylic acids is 1. The molecule has 5 atom stereocenters. The second kappa shape index (κ2) is 10.9. The highest BCUT2D eigenvalue weighted by Crippen LogP contribution is 2.32. The van der Waals surface area contributed by atoms with E-state index in [1.807, 2.05) is 30.3 Å². The van der Waals surface area contributed by atoms with Crippen molar-refractivity contribution in [2.75, 3.05) is 0 Å². The molecule has 1 heterocycles. The zero-order chi connectivity index (χ0) is 24.8. The Kier molecular flexibility index (Phi) is 7.96. The molecule has 0 bridgehead atoms. The van der Waals surface area contributed by atoms with Gasteiger partial charge in [-0.3, -0.25) is 10.1 Å². The fourth-order valence-electron chi connectivity index (χ4n) is 3.14. The number of aliphatic hydroxyl groups excluding tert-OH is 3. The van der Waals surface area contributed by atoms with Crippen LogP contribution in [0.1, 0.15) is 11.1 Å². The van der Waals surface area contributed by atoms with Crippen LogP contribution in [0.2, 0.25) is 0 Å². The van der Waals surface area contributed by atoms with Crippen molar-refractivity contribution >= 4 is 17.7 Å². The summed E-state index contributed by atoms with van der Waals surface area (Å²) < 4.78 is 15.3. The molecule has 0 spiro atoms. The van der Waals surface area contributed by atoms with Crippen LogP contribution in [0.15, 0.2) is 48.5 Å². The number of carboxylic acids is 1. The van der Waals surface area contributed by atoms with Crippen LogP contribution < -0.4 is 10.1 Å². The lowest BCUT2D eigenvalue weighted by atomic mass is 9.99. The van der Waals surface area contributed by atoms with Crippen LogP contribution in [-0.2, 0) is 27.4 Å². The number of nitrogens with zero attached hydrogens (tertiary/aromatic N) is 1. The van der Waals surface area contributed by atoms with Gasteiger partial charge in [0.15, 0.2) is 11.9 Å². The first-order valence-corrected chi connectivity index (χ1v) is 9.98. The lowest BCUT2D eigenvalue weighted by Crippen LogP contribution is -2.61. The first-order valence-electron chi connectivity index (χ1n) is 9.98. The highest BCUT2D eigenvalue weighted by Gasteiger charge is 2.48. The van der Waals surface area contributed by atoms with Gasteiger partial charge in [-0.25, -0.2) is 9.59 Å². The van der Waals surface area contributed by atoms with Crippen LogP contribution in [0, 0.1) is 10.1 Å². The Morgan fingerprint density at radius 1 is 1.03 bits per heavy atom. The molecule has 182 valence electrons. The van der Waals surface area contributed by atoms with Crippen LogP contribution in [0.4, 0.5) is 10.5 Å².